The number of carbonyl (C=O) groups is 2. The lowest BCUT2D eigenvalue weighted by molar-refractivity contribution is -0.119. The van der Waals surface area contributed by atoms with Crippen molar-refractivity contribution in [1.82, 2.24) is 9.78 Å². The second-order valence-electron chi connectivity index (χ2n) is 5.91. The zero-order valence-corrected chi connectivity index (χ0v) is 14.5. The number of hydrogen-bond donors (Lipinski definition) is 1. The topological polar surface area (TPSA) is 86.4 Å². The first-order valence-electron chi connectivity index (χ1n) is 8.19. The van der Waals surface area contributed by atoms with E-state index in [4.69, 9.17) is 9.15 Å². The largest absolute Gasteiger partial charge is 0.457 e. The first-order chi connectivity index (χ1) is 12.6. The molecule has 2 aromatic heterocycles. The third kappa shape index (κ3) is 3.83. The number of nitrogens with one attached hydrogen (secondary N) is 1. The summed E-state index contributed by atoms with van der Waals surface area (Å²) in [5.74, 6) is -0.532. The Hall–Kier alpha value is -3.35. The molecule has 0 bridgehead atoms. The lowest BCUT2D eigenvalue weighted by atomic mass is 10.1. The molecule has 0 unspecified atom stereocenters. The molecule has 7 heteroatoms. The van der Waals surface area contributed by atoms with E-state index in [1.165, 1.54) is 6.26 Å². The molecule has 1 amide bonds. The number of hydrogen-bond acceptors (Lipinski definition) is 5. The molecule has 3 aromatic rings. The highest BCUT2D eigenvalue weighted by Gasteiger charge is 2.19. The van der Waals surface area contributed by atoms with Gasteiger partial charge >= 0.3 is 5.97 Å². The first-order valence-corrected chi connectivity index (χ1v) is 8.19. The molecule has 134 valence electrons. The summed E-state index contributed by atoms with van der Waals surface area (Å²) in [6.07, 6.45) is 3.01. The van der Waals surface area contributed by atoms with Gasteiger partial charge in [0.2, 0.25) is 5.76 Å². The Labute approximate surface area is 150 Å². The maximum absolute atomic E-state index is 12.3. The van der Waals surface area contributed by atoms with Crippen LogP contribution >= 0.6 is 0 Å². The van der Waals surface area contributed by atoms with Crippen molar-refractivity contribution in [3.05, 3.63) is 60.7 Å². The molecule has 26 heavy (non-hydrogen) atoms. The third-order valence-corrected chi connectivity index (χ3v) is 3.70. The summed E-state index contributed by atoms with van der Waals surface area (Å²) in [7, 11) is 0. The minimum Gasteiger partial charge on any atom is -0.457 e. The fourth-order valence-electron chi connectivity index (χ4n) is 2.51. The molecular formula is C19H19N3O4. The smallest absolute Gasteiger partial charge is 0.375 e. The molecule has 0 spiro atoms. The molecule has 3 rings (SSSR count). The van der Waals surface area contributed by atoms with E-state index in [0.717, 1.165) is 5.56 Å². The quantitative estimate of drug-likeness (QED) is 0.685. The van der Waals surface area contributed by atoms with Gasteiger partial charge in [0.1, 0.15) is 5.82 Å². The SMILES string of the molecule is CC(C)n1nccc1NC(=O)COC(=O)c1occc1-c1ccccc1. The van der Waals surface area contributed by atoms with Crippen LogP contribution in [0.1, 0.15) is 30.4 Å². The second kappa shape index (κ2) is 7.69. The first kappa shape index (κ1) is 17.5. The molecule has 7 nitrogen and oxygen atoms in total. The van der Waals surface area contributed by atoms with Crippen LogP contribution in [0.4, 0.5) is 5.82 Å². The Morgan fingerprint density at radius 1 is 1.19 bits per heavy atom. The van der Waals surface area contributed by atoms with E-state index >= 15 is 0 Å². The minimum atomic E-state index is -0.693. The van der Waals surface area contributed by atoms with Gasteiger partial charge in [-0.15, -0.1) is 0 Å². The van der Waals surface area contributed by atoms with Crippen molar-refractivity contribution in [3.63, 3.8) is 0 Å². The Kier molecular flexibility index (Phi) is 5.17. The van der Waals surface area contributed by atoms with Crippen LogP contribution in [0.25, 0.3) is 11.1 Å². The molecule has 0 aliphatic rings. The fourth-order valence-corrected chi connectivity index (χ4v) is 2.51. The zero-order chi connectivity index (χ0) is 18.5. The maximum Gasteiger partial charge on any atom is 0.375 e. The van der Waals surface area contributed by atoms with E-state index in [1.807, 2.05) is 44.2 Å². The van der Waals surface area contributed by atoms with Crippen LogP contribution < -0.4 is 5.32 Å². The molecule has 1 aromatic carbocycles. The van der Waals surface area contributed by atoms with Crippen molar-refractivity contribution in [2.24, 2.45) is 0 Å². The third-order valence-electron chi connectivity index (χ3n) is 3.70. The molecule has 0 radical (unpaired) electrons. The van der Waals surface area contributed by atoms with E-state index in [1.54, 1.807) is 23.0 Å². The standard InChI is InChI=1S/C19H19N3O4/c1-13(2)22-16(8-10-20-22)21-17(23)12-26-19(24)18-15(9-11-25-18)14-6-4-3-5-7-14/h3-11,13H,12H2,1-2H3,(H,21,23). The number of amides is 1. The van der Waals surface area contributed by atoms with Gasteiger partial charge in [-0.05, 0) is 25.5 Å². The van der Waals surface area contributed by atoms with E-state index in [-0.39, 0.29) is 11.8 Å². The van der Waals surface area contributed by atoms with E-state index < -0.39 is 18.5 Å². The van der Waals surface area contributed by atoms with Gasteiger partial charge in [0.25, 0.3) is 5.91 Å². The number of nitrogens with zero attached hydrogens (tertiary/aromatic N) is 2. The average molecular weight is 353 g/mol. The number of furan rings is 1. The number of aromatic nitrogens is 2. The summed E-state index contributed by atoms with van der Waals surface area (Å²) in [6, 6.07) is 12.8. The summed E-state index contributed by atoms with van der Waals surface area (Å²) in [5.41, 5.74) is 1.45. The molecule has 1 N–H and O–H groups in total. The highest BCUT2D eigenvalue weighted by atomic mass is 16.5. The summed E-state index contributed by atoms with van der Waals surface area (Å²) in [5, 5.41) is 6.80. The number of anilines is 1. The molecule has 0 aliphatic carbocycles. The molecule has 2 heterocycles. The highest BCUT2D eigenvalue weighted by Crippen LogP contribution is 2.25. The van der Waals surface area contributed by atoms with Crippen molar-refractivity contribution >= 4 is 17.7 Å². The number of benzene rings is 1. The molecular weight excluding hydrogens is 334 g/mol. The van der Waals surface area contributed by atoms with Gasteiger partial charge in [0.15, 0.2) is 6.61 Å². The van der Waals surface area contributed by atoms with Crippen LogP contribution in [0.2, 0.25) is 0 Å². The lowest BCUT2D eigenvalue weighted by Crippen LogP contribution is -2.23. The van der Waals surface area contributed by atoms with E-state index in [2.05, 4.69) is 10.4 Å². The average Bonchev–Trinajstić information content (AvgIpc) is 3.29. The predicted molar refractivity (Wildman–Crippen MR) is 95.7 cm³/mol. The normalized spacial score (nSPS) is 10.7. The second-order valence-corrected chi connectivity index (χ2v) is 5.91. The van der Waals surface area contributed by atoms with Gasteiger partial charge in [-0.25, -0.2) is 9.48 Å². The Bertz CT molecular complexity index is 896. The molecule has 0 atom stereocenters. The van der Waals surface area contributed by atoms with Gasteiger partial charge in [0, 0.05) is 17.7 Å². The van der Waals surface area contributed by atoms with Crippen LogP contribution in [-0.4, -0.2) is 28.3 Å². The predicted octanol–water partition coefficient (Wildman–Crippen LogP) is 3.52. The van der Waals surface area contributed by atoms with Gasteiger partial charge in [-0.1, -0.05) is 30.3 Å². The number of rotatable bonds is 6. The van der Waals surface area contributed by atoms with Gasteiger partial charge in [-0.3, -0.25) is 4.79 Å². The molecule has 0 aliphatic heterocycles. The van der Waals surface area contributed by atoms with Crippen molar-refractivity contribution in [2.45, 2.75) is 19.9 Å². The van der Waals surface area contributed by atoms with Gasteiger partial charge < -0.3 is 14.5 Å². The van der Waals surface area contributed by atoms with Crippen LogP contribution in [0.3, 0.4) is 0 Å². The Balaban J connectivity index is 1.62. The van der Waals surface area contributed by atoms with Crippen molar-refractivity contribution < 1.29 is 18.7 Å². The summed E-state index contributed by atoms with van der Waals surface area (Å²) >= 11 is 0. The van der Waals surface area contributed by atoms with Crippen molar-refractivity contribution in [3.8, 4) is 11.1 Å². The van der Waals surface area contributed by atoms with Crippen LogP contribution in [-0.2, 0) is 9.53 Å². The molecule has 0 saturated carbocycles. The highest BCUT2D eigenvalue weighted by molar-refractivity contribution is 5.97. The van der Waals surface area contributed by atoms with Crippen molar-refractivity contribution in [2.75, 3.05) is 11.9 Å². The monoisotopic (exact) mass is 353 g/mol. The number of carbonyl (C=O) groups excluding carboxylic acids is 2. The number of esters is 1. The van der Waals surface area contributed by atoms with E-state index in [9.17, 15) is 9.59 Å². The Morgan fingerprint density at radius 3 is 2.69 bits per heavy atom. The van der Waals surface area contributed by atoms with Gasteiger partial charge in [0.05, 0.1) is 12.5 Å². The van der Waals surface area contributed by atoms with Gasteiger partial charge in [-0.2, -0.15) is 5.10 Å². The minimum absolute atomic E-state index is 0.0659. The Morgan fingerprint density at radius 2 is 1.96 bits per heavy atom. The van der Waals surface area contributed by atoms with Crippen molar-refractivity contribution in [1.29, 1.82) is 0 Å². The van der Waals surface area contributed by atoms with E-state index in [0.29, 0.717) is 11.4 Å². The van der Waals surface area contributed by atoms with Crippen LogP contribution in [0.5, 0.6) is 0 Å². The number of ether oxygens (including phenoxy) is 1. The van der Waals surface area contributed by atoms with Crippen LogP contribution in [0.15, 0.2) is 59.3 Å². The summed E-state index contributed by atoms with van der Waals surface area (Å²) in [6.45, 7) is 3.48. The zero-order valence-electron chi connectivity index (χ0n) is 14.5. The maximum atomic E-state index is 12.3. The summed E-state index contributed by atoms with van der Waals surface area (Å²) < 4.78 is 12.0. The van der Waals surface area contributed by atoms with Crippen LogP contribution in [0, 0.1) is 0 Å². The molecule has 0 fully saturated rings. The fraction of sp³-hybridized carbons (Fsp3) is 0.211. The lowest BCUT2D eigenvalue weighted by Gasteiger charge is -2.11. The summed E-state index contributed by atoms with van der Waals surface area (Å²) in [4.78, 5) is 24.3. The molecule has 0 saturated heterocycles.